The van der Waals surface area contributed by atoms with Gasteiger partial charge in [0.25, 0.3) is 0 Å². The Morgan fingerprint density at radius 2 is 2.19 bits per heavy atom. The SMILES string of the molecule is CN1CCCC(CNC2CC(O)C2(C)C)C1. The van der Waals surface area contributed by atoms with Crippen LogP contribution in [-0.4, -0.2) is 48.8 Å². The number of piperidine rings is 1. The Morgan fingerprint density at radius 3 is 2.75 bits per heavy atom. The van der Waals surface area contributed by atoms with Gasteiger partial charge in [-0.05, 0) is 45.3 Å². The first kappa shape index (κ1) is 12.3. The summed E-state index contributed by atoms with van der Waals surface area (Å²) in [4.78, 5) is 2.43. The van der Waals surface area contributed by atoms with Gasteiger partial charge in [0.15, 0.2) is 0 Å². The van der Waals surface area contributed by atoms with Gasteiger partial charge in [-0.3, -0.25) is 0 Å². The lowest BCUT2D eigenvalue weighted by molar-refractivity contribution is -0.0738. The van der Waals surface area contributed by atoms with Gasteiger partial charge in [-0.15, -0.1) is 0 Å². The van der Waals surface area contributed by atoms with Crippen LogP contribution < -0.4 is 5.32 Å². The Labute approximate surface area is 99.2 Å². The predicted octanol–water partition coefficient (Wildman–Crippen LogP) is 1.08. The van der Waals surface area contributed by atoms with Gasteiger partial charge in [0, 0.05) is 18.0 Å². The van der Waals surface area contributed by atoms with E-state index < -0.39 is 0 Å². The highest BCUT2D eigenvalue weighted by atomic mass is 16.3. The molecule has 2 aliphatic rings. The molecule has 16 heavy (non-hydrogen) atoms. The summed E-state index contributed by atoms with van der Waals surface area (Å²) in [6.45, 7) is 7.91. The van der Waals surface area contributed by atoms with E-state index in [0.717, 1.165) is 18.9 Å². The van der Waals surface area contributed by atoms with E-state index >= 15 is 0 Å². The van der Waals surface area contributed by atoms with Gasteiger partial charge in [0.1, 0.15) is 0 Å². The summed E-state index contributed by atoms with van der Waals surface area (Å²) in [7, 11) is 2.21. The van der Waals surface area contributed by atoms with E-state index in [2.05, 4.69) is 31.1 Å². The number of aliphatic hydroxyl groups is 1. The van der Waals surface area contributed by atoms with E-state index in [4.69, 9.17) is 0 Å². The monoisotopic (exact) mass is 226 g/mol. The topological polar surface area (TPSA) is 35.5 Å². The second kappa shape index (κ2) is 4.63. The summed E-state index contributed by atoms with van der Waals surface area (Å²) in [5, 5.41) is 13.3. The highest BCUT2D eigenvalue weighted by Crippen LogP contribution is 2.40. The lowest BCUT2D eigenvalue weighted by Crippen LogP contribution is -2.60. The van der Waals surface area contributed by atoms with E-state index in [1.54, 1.807) is 0 Å². The summed E-state index contributed by atoms with van der Waals surface area (Å²) in [6.07, 6.45) is 3.50. The first-order valence-electron chi connectivity index (χ1n) is 6.60. The highest BCUT2D eigenvalue weighted by molar-refractivity contribution is 5.01. The molecular formula is C13H26N2O. The summed E-state index contributed by atoms with van der Waals surface area (Å²) >= 11 is 0. The summed E-state index contributed by atoms with van der Waals surface area (Å²) in [5.74, 6) is 0.798. The van der Waals surface area contributed by atoms with Gasteiger partial charge in [0.2, 0.25) is 0 Å². The van der Waals surface area contributed by atoms with E-state index in [9.17, 15) is 5.11 Å². The van der Waals surface area contributed by atoms with Crippen LogP contribution in [0.25, 0.3) is 0 Å². The quantitative estimate of drug-likeness (QED) is 0.756. The number of rotatable bonds is 3. The molecule has 3 heteroatoms. The van der Waals surface area contributed by atoms with Gasteiger partial charge in [-0.2, -0.15) is 0 Å². The van der Waals surface area contributed by atoms with Gasteiger partial charge >= 0.3 is 0 Å². The van der Waals surface area contributed by atoms with Crippen molar-refractivity contribution >= 4 is 0 Å². The minimum absolute atomic E-state index is 0.0700. The molecule has 0 amide bonds. The van der Waals surface area contributed by atoms with Crippen LogP contribution in [0.4, 0.5) is 0 Å². The first-order chi connectivity index (χ1) is 7.50. The fraction of sp³-hybridized carbons (Fsp3) is 1.00. The Hall–Kier alpha value is -0.120. The summed E-state index contributed by atoms with van der Waals surface area (Å²) in [5.41, 5.74) is 0.0700. The molecule has 1 saturated carbocycles. The number of hydrogen-bond donors (Lipinski definition) is 2. The molecule has 1 aliphatic carbocycles. The highest BCUT2D eigenvalue weighted by Gasteiger charge is 2.46. The molecule has 94 valence electrons. The molecule has 1 saturated heterocycles. The average molecular weight is 226 g/mol. The maximum atomic E-state index is 9.68. The summed E-state index contributed by atoms with van der Waals surface area (Å²) in [6, 6.07) is 0.509. The van der Waals surface area contributed by atoms with Crippen molar-refractivity contribution in [2.24, 2.45) is 11.3 Å². The van der Waals surface area contributed by atoms with Gasteiger partial charge in [-0.25, -0.2) is 0 Å². The number of nitrogens with zero attached hydrogens (tertiary/aromatic N) is 1. The standard InChI is InChI=1S/C13H26N2O/c1-13(2)11(7-12(13)16)14-8-10-5-4-6-15(3)9-10/h10-12,14,16H,4-9H2,1-3H3. The Morgan fingerprint density at radius 1 is 1.44 bits per heavy atom. The lowest BCUT2D eigenvalue weighted by atomic mass is 9.64. The van der Waals surface area contributed by atoms with Crippen molar-refractivity contribution in [3.05, 3.63) is 0 Å². The molecule has 0 aromatic heterocycles. The zero-order valence-corrected chi connectivity index (χ0v) is 10.9. The number of likely N-dealkylation sites (tertiary alicyclic amines) is 1. The van der Waals surface area contributed by atoms with Crippen LogP contribution in [0, 0.1) is 11.3 Å². The van der Waals surface area contributed by atoms with Crippen LogP contribution >= 0.6 is 0 Å². The van der Waals surface area contributed by atoms with Crippen LogP contribution in [0.3, 0.4) is 0 Å². The molecule has 0 aromatic carbocycles. The van der Waals surface area contributed by atoms with Crippen LogP contribution in [0.2, 0.25) is 0 Å². The number of nitrogens with one attached hydrogen (secondary N) is 1. The average Bonchev–Trinajstić information content (AvgIpc) is 2.24. The van der Waals surface area contributed by atoms with Crippen molar-refractivity contribution in [2.45, 2.75) is 45.3 Å². The molecule has 2 N–H and O–H groups in total. The molecule has 3 nitrogen and oxygen atoms in total. The van der Waals surface area contributed by atoms with Crippen LogP contribution in [0.15, 0.2) is 0 Å². The van der Waals surface area contributed by atoms with Crippen molar-refractivity contribution in [1.82, 2.24) is 10.2 Å². The normalized spacial score (nSPS) is 39.4. The van der Waals surface area contributed by atoms with Crippen LogP contribution in [0.5, 0.6) is 0 Å². The minimum atomic E-state index is -0.112. The smallest absolute Gasteiger partial charge is 0.0621 e. The Balaban J connectivity index is 1.72. The van der Waals surface area contributed by atoms with Crippen molar-refractivity contribution in [1.29, 1.82) is 0 Å². The van der Waals surface area contributed by atoms with E-state index in [1.165, 1.54) is 25.9 Å². The van der Waals surface area contributed by atoms with E-state index in [1.807, 2.05) is 0 Å². The number of aliphatic hydroxyl groups excluding tert-OH is 1. The largest absolute Gasteiger partial charge is 0.392 e. The molecule has 3 atom stereocenters. The third-order valence-corrected chi connectivity index (χ3v) is 4.59. The fourth-order valence-electron chi connectivity index (χ4n) is 3.00. The Bertz CT molecular complexity index is 242. The molecule has 1 aliphatic heterocycles. The summed E-state index contributed by atoms with van der Waals surface area (Å²) < 4.78 is 0. The second-order valence-corrected chi connectivity index (χ2v) is 6.30. The molecule has 0 spiro atoms. The van der Waals surface area contributed by atoms with Gasteiger partial charge in [0.05, 0.1) is 6.10 Å². The molecule has 2 rings (SSSR count). The Kier molecular flexibility index (Phi) is 3.57. The fourth-order valence-corrected chi connectivity index (χ4v) is 3.00. The molecule has 0 aromatic rings. The predicted molar refractivity (Wildman–Crippen MR) is 66.4 cm³/mol. The maximum absolute atomic E-state index is 9.68. The van der Waals surface area contributed by atoms with Crippen LogP contribution in [-0.2, 0) is 0 Å². The van der Waals surface area contributed by atoms with E-state index in [0.29, 0.717) is 6.04 Å². The van der Waals surface area contributed by atoms with Crippen LogP contribution in [0.1, 0.15) is 33.1 Å². The third-order valence-electron chi connectivity index (χ3n) is 4.59. The molecule has 1 heterocycles. The van der Waals surface area contributed by atoms with E-state index in [-0.39, 0.29) is 11.5 Å². The van der Waals surface area contributed by atoms with Crippen molar-refractivity contribution < 1.29 is 5.11 Å². The second-order valence-electron chi connectivity index (χ2n) is 6.30. The zero-order valence-electron chi connectivity index (χ0n) is 10.9. The number of hydrogen-bond acceptors (Lipinski definition) is 3. The lowest BCUT2D eigenvalue weighted by Gasteiger charge is -2.50. The maximum Gasteiger partial charge on any atom is 0.0621 e. The first-order valence-corrected chi connectivity index (χ1v) is 6.60. The third kappa shape index (κ3) is 2.41. The van der Waals surface area contributed by atoms with Crippen molar-refractivity contribution in [2.75, 3.05) is 26.7 Å². The molecule has 2 fully saturated rings. The van der Waals surface area contributed by atoms with Crippen molar-refractivity contribution in [3.8, 4) is 0 Å². The van der Waals surface area contributed by atoms with Crippen molar-refractivity contribution in [3.63, 3.8) is 0 Å². The molecule has 0 radical (unpaired) electrons. The van der Waals surface area contributed by atoms with Gasteiger partial charge < -0.3 is 15.3 Å². The molecule has 0 bridgehead atoms. The minimum Gasteiger partial charge on any atom is -0.392 e. The zero-order chi connectivity index (χ0) is 11.8. The molecular weight excluding hydrogens is 200 g/mol. The van der Waals surface area contributed by atoms with Gasteiger partial charge in [-0.1, -0.05) is 13.8 Å². The molecule has 3 unspecified atom stereocenters.